The topological polar surface area (TPSA) is 73.0 Å². The maximum atomic E-state index is 12.8. The van der Waals surface area contributed by atoms with Gasteiger partial charge in [-0.3, -0.25) is 19.3 Å². The van der Waals surface area contributed by atoms with E-state index in [1.807, 2.05) is 43.0 Å². The zero-order valence-corrected chi connectivity index (χ0v) is 16.8. The van der Waals surface area contributed by atoms with Crippen LogP contribution in [-0.2, 0) is 9.59 Å². The Kier molecular flexibility index (Phi) is 6.67. The van der Waals surface area contributed by atoms with E-state index in [1.165, 1.54) is 0 Å². The summed E-state index contributed by atoms with van der Waals surface area (Å²) in [6.07, 6.45) is 2.57. The van der Waals surface area contributed by atoms with Crippen LogP contribution in [0.1, 0.15) is 43.5 Å². The molecule has 0 bridgehead atoms. The molecule has 3 rings (SSSR count). The number of piperidine rings is 1. The fourth-order valence-electron chi connectivity index (χ4n) is 3.73. The summed E-state index contributed by atoms with van der Waals surface area (Å²) in [5.41, 5.74) is 1.50. The Morgan fingerprint density at radius 1 is 1.00 bits per heavy atom. The second-order valence-electron chi connectivity index (χ2n) is 7.84. The van der Waals surface area contributed by atoms with Crippen LogP contribution in [0.2, 0.25) is 0 Å². The van der Waals surface area contributed by atoms with E-state index in [-0.39, 0.29) is 23.8 Å². The number of carbonyl (C=O) groups excluding carboxylic acids is 3. The lowest BCUT2D eigenvalue weighted by Crippen LogP contribution is -2.51. The minimum absolute atomic E-state index is 0.00260. The average molecular weight is 386 g/mol. The van der Waals surface area contributed by atoms with Crippen molar-refractivity contribution in [3.63, 3.8) is 0 Å². The third-order valence-corrected chi connectivity index (χ3v) is 5.23. The number of nitrogens with one attached hydrogen (secondary N) is 1. The van der Waals surface area contributed by atoms with E-state index in [4.69, 9.17) is 0 Å². The van der Waals surface area contributed by atoms with Gasteiger partial charge in [0, 0.05) is 56.4 Å². The summed E-state index contributed by atoms with van der Waals surface area (Å²) in [6, 6.07) is 7.48. The number of amides is 3. The highest BCUT2D eigenvalue weighted by Crippen LogP contribution is 2.22. The van der Waals surface area contributed by atoms with Crippen LogP contribution in [0.25, 0.3) is 0 Å². The normalized spacial score (nSPS) is 18.5. The van der Waals surface area contributed by atoms with Crippen molar-refractivity contribution in [2.45, 2.75) is 39.2 Å². The van der Waals surface area contributed by atoms with E-state index in [1.54, 1.807) is 4.90 Å². The van der Waals surface area contributed by atoms with Crippen molar-refractivity contribution in [2.75, 3.05) is 44.2 Å². The molecule has 0 unspecified atom stereocenters. The Labute approximate surface area is 166 Å². The maximum absolute atomic E-state index is 12.8. The molecule has 152 valence electrons. The molecule has 0 spiro atoms. The van der Waals surface area contributed by atoms with Crippen LogP contribution in [0.4, 0.5) is 5.69 Å². The molecule has 2 aliphatic heterocycles. The summed E-state index contributed by atoms with van der Waals surface area (Å²) in [6.45, 7) is 7.62. The van der Waals surface area contributed by atoms with Gasteiger partial charge in [-0.1, -0.05) is 0 Å². The number of rotatable bonds is 5. The minimum Gasteiger partial charge on any atom is -0.353 e. The van der Waals surface area contributed by atoms with E-state index in [2.05, 4.69) is 10.2 Å². The third-order valence-electron chi connectivity index (χ3n) is 5.23. The highest BCUT2D eigenvalue weighted by molar-refractivity contribution is 5.97. The van der Waals surface area contributed by atoms with Crippen molar-refractivity contribution in [2.24, 2.45) is 0 Å². The Bertz CT molecular complexity index is 709. The fourth-order valence-corrected chi connectivity index (χ4v) is 3.73. The molecule has 2 aliphatic rings. The van der Waals surface area contributed by atoms with Crippen molar-refractivity contribution in [3.8, 4) is 0 Å². The van der Waals surface area contributed by atoms with Gasteiger partial charge in [0.2, 0.25) is 11.8 Å². The number of hydrogen-bond acceptors (Lipinski definition) is 4. The third kappa shape index (κ3) is 5.10. The zero-order chi connectivity index (χ0) is 20.1. The van der Waals surface area contributed by atoms with Gasteiger partial charge in [-0.05, 0) is 51.0 Å². The number of nitrogens with zero attached hydrogens (tertiary/aromatic N) is 3. The van der Waals surface area contributed by atoms with Crippen LogP contribution in [0, 0.1) is 0 Å². The summed E-state index contributed by atoms with van der Waals surface area (Å²) < 4.78 is 0. The summed E-state index contributed by atoms with van der Waals surface area (Å²) >= 11 is 0. The van der Waals surface area contributed by atoms with Crippen LogP contribution in [0.5, 0.6) is 0 Å². The number of benzene rings is 1. The molecule has 7 nitrogen and oxygen atoms in total. The molecule has 0 aromatic heterocycles. The summed E-state index contributed by atoms with van der Waals surface area (Å²) in [7, 11) is 0. The van der Waals surface area contributed by atoms with Gasteiger partial charge >= 0.3 is 0 Å². The molecule has 2 saturated heterocycles. The quantitative estimate of drug-likeness (QED) is 0.832. The highest BCUT2D eigenvalue weighted by Gasteiger charge is 2.24. The second kappa shape index (κ2) is 9.19. The second-order valence-corrected chi connectivity index (χ2v) is 7.84. The molecule has 0 atom stereocenters. The first-order valence-corrected chi connectivity index (χ1v) is 10.2. The van der Waals surface area contributed by atoms with E-state index in [9.17, 15) is 14.4 Å². The molecule has 7 heteroatoms. The van der Waals surface area contributed by atoms with E-state index >= 15 is 0 Å². The summed E-state index contributed by atoms with van der Waals surface area (Å²) in [5.74, 6) is 0.184. The fraction of sp³-hybridized carbons (Fsp3) is 0.571. The molecule has 2 fully saturated rings. The van der Waals surface area contributed by atoms with Gasteiger partial charge in [0.25, 0.3) is 5.91 Å². The first-order valence-electron chi connectivity index (χ1n) is 10.2. The smallest absolute Gasteiger partial charge is 0.253 e. The van der Waals surface area contributed by atoms with Crippen molar-refractivity contribution < 1.29 is 14.4 Å². The van der Waals surface area contributed by atoms with Crippen molar-refractivity contribution in [3.05, 3.63) is 29.8 Å². The lowest BCUT2D eigenvalue weighted by atomic mass is 10.1. The van der Waals surface area contributed by atoms with Gasteiger partial charge in [-0.15, -0.1) is 0 Å². The number of hydrogen-bond donors (Lipinski definition) is 1. The zero-order valence-electron chi connectivity index (χ0n) is 16.8. The van der Waals surface area contributed by atoms with Gasteiger partial charge in [0.05, 0.1) is 6.54 Å². The van der Waals surface area contributed by atoms with E-state index in [0.29, 0.717) is 44.7 Å². The molecule has 0 saturated carbocycles. The Balaban J connectivity index is 1.52. The highest BCUT2D eigenvalue weighted by atomic mass is 16.2. The van der Waals surface area contributed by atoms with E-state index < -0.39 is 0 Å². The van der Waals surface area contributed by atoms with Crippen molar-refractivity contribution in [1.29, 1.82) is 0 Å². The monoisotopic (exact) mass is 386 g/mol. The Morgan fingerprint density at radius 3 is 2.29 bits per heavy atom. The summed E-state index contributed by atoms with van der Waals surface area (Å²) in [5, 5.41) is 2.90. The van der Waals surface area contributed by atoms with Crippen LogP contribution < -0.4 is 10.2 Å². The molecule has 2 heterocycles. The van der Waals surface area contributed by atoms with Crippen molar-refractivity contribution >= 4 is 23.4 Å². The molecule has 3 amide bonds. The van der Waals surface area contributed by atoms with Gasteiger partial charge in [0.1, 0.15) is 0 Å². The SMILES string of the molecule is CC(C)NC(=O)CN1CCN(C(=O)c2ccc(N3CCCCC3=O)cc2)CC1. The molecular formula is C21H30N4O3. The predicted octanol–water partition coefficient (Wildman–Crippen LogP) is 1.49. The molecule has 0 aliphatic carbocycles. The molecule has 0 radical (unpaired) electrons. The van der Waals surface area contributed by atoms with Crippen LogP contribution in [0.15, 0.2) is 24.3 Å². The maximum Gasteiger partial charge on any atom is 0.253 e. The van der Waals surface area contributed by atoms with Crippen LogP contribution in [0.3, 0.4) is 0 Å². The largest absolute Gasteiger partial charge is 0.353 e. The number of anilines is 1. The number of piperazine rings is 1. The van der Waals surface area contributed by atoms with Gasteiger partial charge in [0.15, 0.2) is 0 Å². The molecule has 1 aromatic carbocycles. The Morgan fingerprint density at radius 2 is 1.68 bits per heavy atom. The molecule has 28 heavy (non-hydrogen) atoms. The average Bonchev–Trinajstić information content (AvgIpc) is 2.68. The van der Waals surface area contributed by atoms with Crippen LogP contribution in [-0.4, -0.2) is 72.8 Å². The lowest BCUT2D eigenvalue weighted by molar-refractivity contribution is -0.123. The molecule has 1 N–H and O–H groups in total. The van der Waals surface area contributed by atoms with Gasteiger partial charge < -0.3 is 15.1 Å². The minimum atomic E-state index is 0.00260. The standard InChI is InChI=1S/C21H30N4O3/c1-16(2)22-19(26)15-23-11-13-24(14-12-23)21(28)17-6-8-18(9-7-17)25-10-4-3-5-20(25)27/h6-9,16H,3-5,10-15H2,1-2H3,(H,22,26). The molecular weight excluding hydrogens is 356 g/mol. The Hall–Kier alpha value is -2.41. The van der Waals surface area contributed by atoms with E-state index in [0.717, 1.165) is 25.1 Å². The molecule has 1 aromatic rings. The lowest BCUT2D eigenvalue weighted by Gasteiger charge is -2.34. The van der Waals surface area contributed by atoms with Crippen molar-refractivity contribution in [1.82, 2.24) is 15.1 Å². The summed E-state index contributed by atoms with van der Waals surface area (Å²) in [4.78, 5) is 42.4. The van der Waals surface area contributed by atoms with Crippen LogP contribution >= 0.6 is 0 Å². The first kappa shape index (κ1) is 20.3. The first-order chi connectivity index (χ1) is 13.4. The number of carbonyl (C=O) groups is 3. The van der Waals surface area contributed by atoms with Gasteiger partial charge in [-0.2, -0.15) is 0 Å². The van der Waals surface area contributed by atoms with Gasteiger partial charge in [-0.25, -0.2) is 0 Å². The predicted molar refractivity (Wildman–Crippen MR) is 108 cm³/mol.